The van der Waals surface area contributed by atoms with Gasteiger partial charge in [0.25, 0.3) is 0 Å². The molecule has 19 heavy (non-hydrogen) atoms. The molecule has 0 aliphatic carbocycles. The van der Waals surface area contributed by atoms with Crippen LogP contribution in [0, 0.1) is 0 Å². The molecule has 5 heteroatoms. The molecule has 3 nitrogen and oxygen atoms in total. The molecule has 0 saturated heterocycles. The molecule has 1 aromatic carbocycles. The molecule has 0 atom stereocenters. The van der Waals surface area contributed by atoms with Gasteiger partial charge in [0.2, 0.25) is 0 Å². The highest BCUT2D eigenvalue weighted by atomic mass is 79.9. The first-order valence-electron chi connectivity index (χ1n) is 6.13. The van der Waals surface area contributed by atoms with Crippen molar-refractivity contribution in [2.75, 3.05) is 5.32 Å². The fourth-order valence-corrected chi connectivity index (χ4v) is 2.85. The van der Waals surface area contributed by atoms with Crippen molar-refractivity contribution >= 4 is 39.5 Å². The smallest absolute Gasteiger partial charge is 0.411 e. The Morgan fingerprint density at radius 2 is 2.00 bits per heavy atom. The molecule has 0 aliphatic heterocycles. The molecule has 0 aromatic heterocycles. The van der Waals surface area contributed by atoms with E-state index in [2.05, 4.69) is 42.0 Å². The zero-order valence-corrected chi connectivity index (χ0v) is 14.3. The quantitative estimate of drug-likeness (QED) is 0.755. The van der Waals surface area contributed by atoms with Crippen LogP contribution in [0.1, 0.15) is 34.6 Å². The number of nitrogens with one attached hydrogen (secondary N) is 1. The number of amides is 1. The Hall–Kier alpha value is -0.680. The number of anilines is 1. The lowest BCUT2D eigenvalue weighted by molar-refractivity contribution is 0.130. The maximum absolute atomic E-state index is 11.6. The Morgan fingerprint density at radius 3 is 2.53 bits per heavy atom. The third-order valence-electron chi connectivity index (χ3n) is 1.94. The van der Waals surface area contributed by atoms with E-state index in [0.29, 0.717) is 0 Å². The summed E-state index contributed by atoms with van der Waals surface area (Å²) in [4.78, 5) is 12.6. The maximum Gasteiger partial charge on any atom is 0.411 e. The zero-order valence-electron chi connectivity index (χ0n) is 11.9. The second-order valence-corrected chi connectivity index (χ2v) is 8.16. The lowest BCUT2D eigenvalue weighted by Crippen LogP contribution is -2.18. The number of halogens is 1. The lowest BCUT2D eigenvalue weighted by Gasteiger charge is -2.19. The normalized spacial score (nSPS) is 11.5. The first-order chi connectivity index (χ1) is 8.67. The minimum atomic E-state index is -0.427. The van der Waals surface area contributed by atoms with Crippen LogP contribution >= 0.6 is 27.7 Å². The lowest BCUT2D eigenvalue weighted by atomic mass is 10.3. The third kappa shape index (κ3) is 6.34. The monoisotopic (exact) mass is 345 g/mol. The first-order valence-corrected chi connectivity index (χ1v) is 7.74. The number of benzene rings is 1. The van der Waals surface area contributed by atoms with Gasteiger partial charge in [0.15, 0.2) is 0 Å². The van der Waals surface area contributed by atoms with Crippen molar-refractivity contribution < 1.29 is 9.53 Å². The number of thioether (sulfide) groups is 1. The van der Waals surface area contributed by atoms with E-state index < -0.39 is 6.09 Å². The second kappa shape index (κ2) is 6.66. The molecule has 0 fully saturated rings. The summed E-state index contributed by atoms with van der Waals surface area (Å²) >= 11 is 5.27. The summed E-state index contributed by atoms with van der Waals surface area (Å²) in [5.74, 6) is 0. The highest BCUT2D eigenvalue weighted by Crippen LogP contribution is 2.37. The fraction of sp³-hybridized carbons (Fsp3) is 0.500. The number of hydrogen-bond acceptors (Lipinski definition) is 3. The molecule has 0 heterocycles. The van der Waals surface area contributed by atoms with E-state index in [1.54, 1.807) is 11.8 Å². The summed E-state index contributed by atoms with van der Waals surface area (Å²) in [6, 6.07) is 5.72. The van der Waals surface area contributed by atoms with Crippen LogP contribution < -0.4 is 5.32 Å². The molecular formula is C14H20BrNO2S. The number of rotatable bonds is 3. The van der Waals surface area contributed by atoms with Gasteiger partial charge < -0.3 is 4.74 Å². The summed E-state index contributed by atoms with van der Waals surface area (Å²) in [7, 11) is 0. The molecular weight excluding hydrogens is 326 g/mol. The van der Waals surface area contributed by atoms with Gasteiger partial charge in [0.05, 0.1) is 6.10 Å². The highest BCUT2D eigenvalue weighted by molar-refractivity contribution is 9.10. The summed E-state index contributed by atoms with van der Waals surface area (Å²) < 4.78 is 6.19. The van der Waals surface area contributed by atoms with E-state index in [1.165, 1.54) is 0 Å². The van der Waals surface area contributed by atoms with Crippen LogP contribution in [0.3, 0.4) is 0 Å². The summed E-state index contributed by atoms with van der Waals surface area (Å²) in [5.41, 5.74) is 0.737. The van der Waals surface area contributed by atoms with E-state index in [9.17, 15) is 4.79 Å². The average molecular weight is 346 g/mol. The van der Waals surface area contributed by atoms with Gasteiger partial charge in [0, 0.05) is 19.8 Å². The molecule has 0 radical (unpaired) electrons. The topological polar surface area (TPSA) is 38.3 Å². The van der Waals surface area contributed by atoms with Crippen LogP contribution in [0.2, 0.25) is 0 Å². The molecule has 1 amide bonds. The van der Waals surface area contributed by atoms with Crippen LogP contribution in [-0.2, 0) is 4.74 Å². The summed E-state index contributed by atoms with van der Waals surface area (Å²) in [5, 5.41) is 2.73. The maximum atomic E-state index is 11.6. The molecule has 0 bridgehead atoms. The van der Waals surface area contributed by atoms with Gasteiger partial charge in [-0.2, -0.15) is 0 Å². The van der Waals surface area contributed by atoms with Gasteiger partial charge in [-0.15, -0.1) is 11.8 Å². The predicted octanol–water partition coefficient (Wildman–Crippen LogP) is 5.30. The zero-order chi connectivity index (χ0) is 14.6. The summed E-state index contributed by atoms with van der Waals surface area (Å²) in [6.45, 7) is 10.1. The van der Waals surface area contributed by atoms with Gasteiger partial charge in [-0.05, 0) is 48.0 Å². The number of carbonyl (C=O) groups is 1. The van der Waals surface area contributed by atoms with E-state index in [1.807, 2.05) is 32.0 Å². The van der Waals surface area contributed by atoms with Crippen molar-refractivity contribution in [3.63, 3.8) is 0 Å². The fourth-order valence-electron chi connectivity index (χ4n) is 1.35. The van der Waals surface area contributed by atoms with E-state index in [0.717, 1.165) is 15.1 Å². The standard InChI is InChI=1S/C14H20BrNO2S/c1-9(2)18-13(17)16-10-6-7-11(15)12(8-10)19-14(3,4)5/h6-9H,1-5H3,(H,16,17). The Kier molecular flexibility index (Phi) is 5.74. The van der Waals surface area contributed by atoms with Crippen molar-refractivity contribution in [3.05, 3.63) is 22.7 Å². The van der Waals surface area contributed by atoms with Gasteiger partial charge in [-0.1, -0.05) is 20.8 Å². The molecule has 1 N–H and O–H groups in total. The highest BCUT2D eigenvalue weighted by Gasteiger charge is 2.15. The minimum Gasteiger partial charge on any atom is -0.447 e. The van der Waals surface area contributed by atoms with Crippen molar-refractivity contribution in [1.82, 2.24) is 0 Å². The van der Waals surface area contributed by atoms with E-state index in [-0.39, 0.29) is 10.9 Å². The molecule has 0 aliphatic rings. The molecule has 106 valence electrons. The Morgan fingerprint density at radius 1 is 1.37 bits per heavy atom. The molecule has 1 aromatic rings. The number of hydrogen-bond donors (Lipinski definition) is 1. The van der Waals surface area contributed by atoms with Gasteiger partial charge in [-0.3, -0.25) is 5.32 Å². The van der Waals surface area contributed by atoms with Gasteiger partial charge in [0.1, 0.15) is 0 Å². The van der Waals surface area contributed by atoms with Gasteiger partial charge >= 0.3 is 6.09 Å². The number of carbonyl (C=O) groups excluding carboxylic acids is 1. The van der Waals surface area contributed by atoms with Crippen molar-refractivity contribution in [3.8, 4) is 0 Å². The van der Waals surface area contributed by atoms with Crippen molar-refractivity contribution in [1.29, 1.82) is 0 Å². The van der Waals surface area contributed by atoms with Crippen molar-refractivity contribution in [2.45, 2.75) is 50.4 Å². The van der Waals surface area contributed by atoms with Crippen LogP contribution in [-0.4, -0.2) is 16.9 Å². The molecule has 1 rings (SSSR count). The average Bonchev–Trinajstić information content (AvgIpc) is 2.19. The van der Waals surface area contributed by atoms with Crippen LogP contribution in [0.5, 0.6) is 0 Å². The predicted molar refractivity (Wildman–Crippen MR) is 85.0 cm³/mol. The van der Waals surface area contributed by atoms with Gasteiger partial charge in [-0.25, -0.2) is 4.79 Å². The number of ether oxygens (including phenoxy) is 1. The van der Waals surface area contributed by atoms with Crippen LogP contribution in [0.4, 0.5) is 10.5 Å². The van der Waals surface area contributed by atoms with Crippen LogP contribution in [0.25, 0.3) is 0 Å². The third-order valence-corrected chi connectivity index (χ3v) is 4.06. The van der Waals surface area contributed by atoms with E-state index >= 15 is 0 Å². The minimum absolute atomic E-state index is 0.111. The molecule has 0 saturated carbocycles. The SMILES string of the molecule is CC(C)OC(=O)Nc1ccc(Br)c(SC(C)(C)C)c1. The first kappa shape index (κ1) is 16.4. The summed E-state index contributed by atoms with van der Waals surface area (Å²) in [6.07, 6.45) is -0.553. The van der Waals surface area contributed by atoms with Crippen LogP contribution in [0.15, 0.2) is 27.6 Å². The molecule has 0 spiro atoms. The second-order valence-electron chi connectivity index (χ2n) is 5.44. The van der Waals surface area contributed by atoms with E-state index in [4.69, 9.17) is 4.74 Å². The Bertz CT molecular complexity index is 455. The molecule has 0 unspecified atom stereocenters. The Balaban J connectivity index is 2.81. The largest absolute Gasteiger partial charge is 0.447 e. The Labute approximate surface area is 127 Å². The van der Waals surface area contributed by atoms with Crippen molar-refractivity contribution in [2.24, 2.45) is 0 Å².